The first-order valence-electron chi connectivity index (χ1n) is 6.71. The molecule has 1 aliphatic heterocycles. The molecule has 3 rings (SSSR count). The molecule has 0 aliphatic carbocycles. The van der Waals surface area contributed by atoms with Gasteiger partial charge in [0.1, 0.15) is 0 Å². The van der Waals surface area contributed by atoms with Gasteiger partial charge in [0.25, 0.3) is 5.69 Å². The molecule has 1 atom stereocenters. The van der Waals surface area contributed by atoms with Gasteiger partial charge in [-0.05, 0) is 37.6 Å². The van der Waals surface area contributed by atoms with E-state index in [0.29, 0.717) is 11.3 Å². The third-order valence-corrected chi connectivity index (χ3v) is 3.74. The SMILES string of the molecule is O=[N+]([O-])c1ccc(NCC2CCNC2)c2cnccc12. The van der Waals surface area contributed by atoms with Crippen molar-refractivity contribution < 1.29 is 4.92 Å². The summed E-state index contributed by atoms with van der Waals surface area (Å²) in [6.07, 6.45) is 4.42. The van der Waals surface area contributed by atoms with Crippen molar-refractivity contribution in [1.29, 1.82) is 0 Å². The van der Waals surface area contributed by atoms with E-state index in [9.17, 15) is 10.1 Å². The molecule has 20 heavy (non-hydrogen) atoms. The number of nitrogens with zero attached hydrogens (tertiary/aromatic N) is 2. The predicted molar refractivity (Wildman–Crippen MR) is 77.9 cm³/mol. The monoisotopic (exact) mass is 272 g/mol. The van der Waals surface area contributed by atoms with Gasteiger partial charge in [0.2, 0.25) is 0 Å². The lowest BCUT2D eigenvalue weighted by molar-refractivity contribution is -0.383. The second-order valence-electron chi connectivity index (χ2n) is 5.05. The smallest absolute Gasteiger partial charge is 0.277 e. The molecule has 1 aromatic carbocycles. The van der Waals surface area contributed by atoms with Crippen LogP contribution >= 0.6 is 0 Å². The zero-order valence-corrected chi connectivity index (χ0v) is 11.0. The average Bonchev–Trinajstić information content (AvgIpc) is 2.97. The van der Waals surface area contributed by atoms with E-state index >= 15 is 0 Å². The van der Waals surface area contributed by atoms with Crippen LogP contribution in [-0.2, 0) is 0 Å². The highest BCUT2D eigenvalue weighted by Crippen LogP contribution is 2.30. The van der Waals surface area contributed by atoms with Gasteiger partial charge in [0.05, 0.1) is 10.3 Å². The zero-order chi connectivity index (χ0) is 13.9. The van der Waals surface area contributed by atoms with E-state index < -0.39 is 0 Å². The fourth-order valence-electron chi connectivity index (χ4n) is 2.63. The quantitative estimate of drug-likeness (QED) is 0.658. The summed E-state index contributed by atoms with van der Waals surface area (Å²) >= 11 is 0. The van der Waals surface area contributed by atoms with Crippen molar-refractivity contribution in [2.24, 2.45) is 5.92 Å². The molecule has 1 aliphatic rings. The Balaban J connectivity index is 1.91. The highest BCUT2D eigenvalue weighted by atomic mass is 16.6. The van der Waals surface area contributed by atoms with Gasteiger partial charge in [-0.2, -0.15) is 0 Å². The maximum atomic E-state index is 11.0. The Hall–Kier alpha value is -2.21. The van der Waals surface area contributed by atoms with Crippen molar-refractivity contribution in [1.82, 2.24) is 10.3 Å². The molecule has 0 spiro atoms. The van der Waals surface area contributed by atoms with Crippen LogP contribution in [0.4, 0.5) is 11.4 Å². The van der Waals surface area contributed by atoms with Crippen LogP contribution in [0.5, 0.6) is 0 Å². The fraction of sp³-hybridized carbons (Fsp3) is 0.357. The van der Waals surface area contributed by atoms with Crippen molar-refractivity contribution >= 4 is 22.1 Å². The summed E-state index contributed by atoms with van der Waals surface area (Å²) < 4.78 is 0. The number of hydrogen-bond acceptors (Lipinski definition) is 5. The molecule has 104 valence electrons. The number of hydrogen-bond donors (Lipinski definition) is 2. The van der Waals surface area contributed by atoms with Crippen molar-refractivity contribution in [3.8, 4) is 0 Å². The first kappa shape index (κ1) is 12.8. The normalized spacial score (nSPS) is 18.3. The van der Waals surface area contributed by atoms with Gasteiger partial charge in [0, 0.05) is 36.1 Å². The van der Waals surface area contributed by atoms with Crippen LogP contribution in [0, 0.1) is 16.0 Å². The molecule has 0 amide bonds. The topological polar surface area (TPSA) is 80.1 Å². The predicted octanol–water partition coefficient (Wildman–Crippen LogP) is 2.16. The second-order valence-corrected chi connectivity index (χ2v) is 5.05. The summed E-state index contributed by atoms with van der Waals surface area (Å²) in [7, 11) is 0. The Morgan fingerprint density at radius 2 is 2.30 bits per heavy atom. The molecule has 0 bridgehead atoms. The lowest BCUT2D eigenvalue weighted by atomic mass is 10.1. The molecule has 1 saturated heterocycles. The van der Waals surface area contributed by atoms with E-state index in [2.05, 4.69) is 15.6 Å². The van der Waals surface area contributed by atoms with E-state index in [0.717, 1.165) is 37.1 Å². The molecule has 6 heteroatoms. The van der Waals surface area contributed by atoms with E-state index in [1.54, 1.807) is 30.6 Å². The first-order valence-corrected chi connectivity index (χ1v) is 6.71. The van der Waals surface area contributed by atoms with Gasteiger partial charge in [0.15, 0.2) is 0 Å². The molecule has 0 radical (unpaired) electrons. The van der Waals surface area contributed by atoms with Crippen LogP contribution < -0.4 is 10.6 Å². The highest BCUT2D eigenvalue weighted by Gasteiger charge is 2.17. The third kappa shape index (κ3) is 2.42. The van der Waals surface area contributed by atoms with Gasteiger partial charge in [-0.1, -0.05) is 0 Å². The Labute approximate surface area is 116 Å². The number of aromatic nitrogens is 1. The average molecular weight is 272 g/mol. The molecule has 1 fully saturated rings. The first-order chi connectivity index (χ1) is 9.75. The van der Waals surface area contributed by atoms with Crippen LogP contribution in [0.2, 0.25) is 0 Å². The highest BCUT2D eigenvalue weighted by molar-refractivity contribution is 5.99. The van der Waals surface area contributed by atoms with E-state index in [1.165, 1.54) is 0 Å². The summed E-state index contributed by atoms with van der Waals surface area (Å²) in [4.78, 5) is 14.8. The summed E-state index contributed by atoms with van der Waals surface area (Å²) in [5, 5.41) is 19.2. The van der Waals surface area contributed by atoms with Gasteiger partial charge in [-0.25, -0.2) is 0 Å². The number of non-ortho nitro benzene ring substituents is 1. The minimum Gasteiger partial charge on any atom is -0.384 e. The molecular formula is C14H16N4O2. The number of nitro groups is 1. The minimum atomic E-state index is -0.354. The lowest BCUT2D eigenvalue weighted by Gasteiger charge is -2.13. The largest absolute Gasteiger partial charge is 0.384 e. The van der Waals surface area contributed by atoms with E-state index in [1.807, 2.05) is 0 Å². The van der Waals surface area contributed by atoms with Crippen molar-refractivity contribution in [2.45, 2.75) is 6.42 Å². The number of anilines is 1. The number of nitro benzene ring substituents is 1. The summed E-state index contributed by atoms with van der Waals surface area (Å²) in [5.41, 5.74) is 1.03. The number of nitrogens with one attached hydrogen (secondary N) is 2. The molecule has 2 N–H and O–H groups in total. The van der Waals surface area contributed by atoms with Crippen molar-refractivity contribution in [3.05, 3.63) is 40.7 Å². The zero-order valence-electron chi connectivity index (χ0n) is 11.0. The van der Waals surface area contributed by atoms with E-state index in [4.69, 9.17) is 0 Å². The van der Waals surface area contributed by atoms with Crippen LogP contribution in [0.15, 0.2) is 30.6 Å². The number of fused-ring (bicyclic) bond motifs is 1. The molecule has 6 nitrogen and oxygen atoms in total. The molecule has 2 aromatic rings. The maximum Gasteiger partial charge on any atom is 0.277 e. The van der Waals surface area contributed by atoms with Crippen LogP contribution in [0.3, 0.4) is 0 Å². The van der Waals surface area contributed by atoms with Crippen LogP contribution in [0.25, 0.3) is 10.8 Å². The number of benzene rings is 1. The van der Waals surface area contributed by atoms with Crippen molar-refractivity contribution in [3.63, 3.8) is 0 Å². The van der Waals surface area contributed by atoms with Crippen molar-refractivity contribution in [2.75, 3.05) is 25.0 Å². The molecular weight excluding hydrogens is 256 g/mol. The Bertz CT molecular complexity index is 638. The lowest BCUT2D eigenvalue weighted by Crippen LogP contribution is -2.17. The van der Waals surface area contributed by atoms with Crippen LogP contribution in [-0.4, -0.2) is 29.5 Å². The second kappa shape index (κ2) is 5.42. The van der Waals surface area contributed by atoms with Crippen LogP contribution in [0.1, 0.15) is 6.42 Å². The maximum absolute atomic E-state index is 11.0. The van der Waals surface area contributed by atoms with Gasteiger partial charge < -0.3 is 10.6 Å². The molecule has 1 aromatic heterocycles. The minimum absolute atomic E-state index is 0.121. The number of rotatable bonds is 4. The van der Waals surface area contributed by atoms with Gasteiger partial charge >= 0.3 is 0 Å². The molecule has 1 unspecified atom stereocenters. The van der Waals surface area contributed by atoms with E-state index in [-0.39, 0.29) is 10.6 Å². The Morgan fingerprint density at radius 3 is 3.05 bits per heavy atom. The molecule has 0 saturated carbocycles. The van der Waals surface area contributed by atoms with Gasteiger partial charge in [-0.3, -0.25) is 15.1 Å². The summed E-state index contributed by atoms with van der Waals surface area (Å²) in [6, 6.07) is 5.01. The standard InChI is InChI=1S/C14H16N4O2/c19-18(20)14-2-1-13(12-9-16-6-4-11(12)14)17-8-10-3-5-15-7-10/h1-2,4,6,9-10,15,17H,3,5,7-8H2. The Morgan fingerprint density at radius 1 is 1.40 bits per heavy atom. The fourth-order valence-corrected chi connectivity index (χ4v) is 2.63. The third-order valence-electron chi connectivity index (χ3n) is 3.74. The Kier molecular flexibility index (Phi) is 3.47. The number of pyridine rings is 1. The van der Waals surface area contributed by atoms with Gasteiger partial charge in [-0.15, -0.1) is 0 Å². The summed E-state index contributed by atoms with van der Waals surface area (Å²) in [5.74, 6) is 0.608. The molecule has 2 heterocycles. The summed E-state index contributed by atoms with van der Waals surface area (Å²) in [6.45, 7) is 2.96.